The summed E-state index contributed by atoms with van der Waals surface area (Å²) < 4.78 is 0. The summed E-state index contributed by atoms with van der Waals surface area (Å²) in [5, 5.41) is 37.1. The molecule has 1 saturated heterocycles. The highest BCUT2D eigenvalue weighted by Crippen LogP contribution is 2.67. The van der Waals surface area contributed by atoms with E-state index in [2.05, 4.69) is 39.1 Å². The highest BCUT2D eigenvalue weighted by atomic mass is 16.3. The lowest BCUT2D eigenvalue weighted by Gasteiger charge is -2.60. The van der Waals surface area contributed by atoms with Crippen LogP contribution in [0.5, 0.6) is 0 Å². The molecule has 31 heavy (non-hydrogen) atoms. The molecular weight excluding hydrogens is 386 g/mol. The molecule has 4 N–H and O–H groups in total. The van der Waals surface area contributed by atoms with Crippen LogP contribution in [0.3, 0.4) is 0 Å². The highest BCUT2D eigenvalue weighted by molar-refractivity contribution is 5.26. The van der Waals surface area contributed by atoms with Gasteiger partial charge in [0.15, 0.2) is 0 Å². The van der Waals surface area contributed by atoms with E-state index < -0.39 is 0 Å². The van der Waals surface area contributed by atoms with Crippen LogP contribution in [0.15, 0.2) is 11.6 Å². The van der Waals surface area contributed by atoms with Crippen LogP contribution in [-0.2, 0) is 0 Å². The van der Waals surface area contributed by atoms with Crippen LogP contribution in [0, 0.1) is 46.3 Å². The van der Waals surface area contributed by atoms with Crippen molar-refractivity contribution >= 4 is 0 Å². The van der Waals surface area contributed by atoms with Gasteiger partial charge in [0.1, 0.15) is 0 Å². The van der Waals surface area contributed by atoms with Crippen molar-refractivity contribution in [3.05, 3.63) is 11.6 Å². The monoisotopic (exact) mass is 431 g/mol. The minimum Gasteiger partial charge on any atom is -0.393 e. The van der Waals surface area contributed by atoms with E-state index in [4.69, 9.17) is 0 Å². The van der Waals surface area contributed by atoms with Gasteiger partial charge in [0, 0.05) is 11.5 Å². The van der Waals surface area contributed by atoms with E-state index in [0.29, 0.717) is 29.7 Å². The molecule has 4 heteroatoms. The van der Waals surface area contributed by atoms with Crippen molar-refractivity contribution in [2.45, 2.75) is 103 Å². The Morgan fingerprint density at radius 3 is 2.55 bits per heavy atom. The summed E-state index contributed by atoms with van der Waals surface area (Å²) in [6.45, 7) is 10.4. The Kier molecular flexibility index (Phi) is 5.65. The fourth-order valence-corrected chi connectivity index (χ4v) is 9.31. The molecule has 5 rings (SSSR count). The first-order valence-corrected chi connectivity index (χ1v) is 13.1. The van der Waals surface area contributed by atoms with Crippen molar-refractivity contribution < 1.29 is 15.3 Å². The maximum atomic E-state index is 11.7. The van der Waals surface area contributed by atoms with Gasteiger partial charge in [-0.05, 0) is 98.8 Å². The Morgan fingerprint density at radius 1 is 1.06 bits per heavy atom. The van der Waals surface area contributed by atoms with Crippen molar-refractivity contribution in [2.24, 2.45) is 46.3 Å². The van der Waals surface area contributed by atoms with E-state index in [-0.39, 0.29) is 35.1 Å². The first-order chi connectivity index (χ1) is 14.7. The maximum absolute atomic E-state index is 11.7. The predicted molar refractivity (Wildman–Crippen MR) is 123 cm³/mol. The van der Waals surface area contributed by atoms with Gasteiger partial charge >= 0.3 is 0 Å². The maximum Gasteiger partial charge on any atom is 0.0603 e. The van der Waals surface area contributed by atoms with Crippen molar-refractivity contribution in [3.63, 3.8) is 0 Å². The van der Waals surface area contributed by atoms with Crippen molar-refractivity contribution in [3.8, 4) is 0 Å². The molecule has 0 radical (unpaired) electrons. The Labute approximate surface area is 188 Å². The second kappa shape index (κ2) is 7.82. The average Bonchev–Trinajstić information content (AvgIpc) is 3.01. The van der Waals surface area contributed by atoms with Gasteiger partial charge in [-0.1, -0.05) is 39.3 Å². The number of hydrogen-bond acceptors (Lipinski definition) is 4. The molecule has 0 aromatic carbocycles. The third-order valence-corrected chi connectivity index (χ3v) is 11.2. The quantitative estimate of drug-likeness (QED) is 0.501. The number of fused-ring (bicyclic) bond motifs is 5. The third-order valence-electron chi connectivity index (χ3n) is 11.2. The van der Waals surface area contributed by atoms with Gasteiger partial charge in [0.05, 0.1) is 18.3 Å². The third kappa shape index (κ3) is 3.30. The van der Waals surface area contributed by atoms with Gasteiger partial charge in [-0.15, -0.1) is 0 Å². The van der Waals surface area contributed by atoms with Crippen LogP contribution >= 0.6 is 0 Å². The molecule has 0 spiro atoms. The van der Waals surface area contributed by atoms with Crippen molar-refractivity contribution in [1.82, 2.24) is 5.32 Å². The zero-order valence-electron chi connectivity index (χ0n) is 20.1. The lowest BCUT2D eigenvalue weighted by Crippen LogP contribution is -2.58. The van der Waals surface area contributed by atoms with Crippen LogP contribution in [0.2, 0.25) is 0 Å². The first-order valence-electron chi connectivity index (χ1n) is 13.1. The van der Waals surface area contributed by atoms with Gasteiger partial charge in [-0.2, -0.15) is 0 Å². The number of piperidine rings is 1. The van der Waals surface area contributed by atoms with Crippen molar-refractivity contribution in [2.75, 3.05) is 6.54 Å². The normalized spacial score (nSPS) is 55.6. The summed E-state index contributed by atoms with van der Waals surface area (Å²) in [6, 6.07) is 0.451. The number of allylic oxidation sites excluding steroid dienone is 1. The molecule has 0 unspecified atom stereocenters. The summed E-state index contributed by atoms with van der Waals surface area (Å²) in [4.78, 5) is 0. The molecule has 0 aromatic heterocycles. The minimum atomic E-state index is -0.353. The van der Waals surface area contributed by atoms with Gasteiger partial charge in [0.25, 0.3) is 0 Å². The Balaban J connectivity index is 1.43. The number of nitrogens with one attached hydrogen (secondary N) is 1. The highest BCUT2D eigenvalue weighted by Gasteiger charge is 2.65. The van der Waals surface area contributed by atoms with E-state index >= 15 is 0 Å². The second-order valence-electron chi connectivity index (χ2n) is 12.7. The molecule has 4 fully saturated rings. The lowest BCUT2D eigenvalue weighted by atomic mass is 9.46. The van der Waals surface area contributed by atoms with Crippen LogP contribution < -0.4 is 5.32 Å². The zero-order chi connectivity index (χ0) is 22.1. The molecule has 1 aliphatic heterocycles. The van der Waals surface area contributed by atoms with Crippen LogP contribution in [0.1, 0.15) is 79.1 Å². The molecule has 3 saturated carbocycles. The number of aliphatic hydroxyl groups excluding tert-OH is 3. The first kappa shape index (κ1) is 22.4. The molecule has 4 aliphatic carbocycles. The van der Waals surface area contributed by atoms with Gasteiger partial charge < -0.3 is 20.6 Å². The number of rotatable bonds is 2. The summed E-state index contributed by atoms with van der Waals surface area (Å²) >= 11 is 0. The lowest BCUT2D eigenvalue weighted by molar-refractivity contribution is -0.142. The summed E-state index contributed by atoms with van der Waals surface area (Å²) in [5.41, 5.74) is 1.34. The van der Waals surface area contributed by atoms with Crippen LogP contribution in [0.25, 0.3) is 0 Å². The topological polar surface area (TPSA) is 72.7 Å². The molecule has 5 aliphatic rings. The van der Waals surface area contributed by atoms with Gasteiger partial charge in [0.2, 0.25) is 0 Å². The number of aliphatic hydroxyl groups is 3. The molecule has 1 heterocycles. The van der Waals surface area contributed by atoms with Crippen LogP contribution in [0.4, 0.5) is 0 Å². The van der Waals surface area contributed by atoms with Crippen LogP contribution in [-0.4, -0.2) is 46.2 Å². The Bertz CT molecular complexity index is 715. The fourth-order valence-electron chi connectivity index (χ4n) is 9.31. The molecule has 0 bridgehead atoms. The second-order valence-corrected chi connectivity index (χ2v) is 12.7. The molecule has 12 atom stereocenters. The standard InChI is InChI=1S/C27H45NO3/c1-15-5-8-22(28-14-15)16(2)25-23(30)12-21-19-7-6-17-11-18(29)9-10-26(17,3)20(19)13-24(31)27(21,25)4/h6,15-16,18-25,28-31H,5,7-14H2,1-4H3/t15-,16+,18-,19+,20-,21+,22+,23+,24-,25-,26-,27+/m0/s1. The van der Waals surface area contributed by atoms with E-state index in [1.54, 1.807) is 0 Å². The SMILES string of the molecule is C[C@H]1CC[C@H]([C@@H](C)[C@H]2[C@H](O)C[C@@H]3[C@@H]4CC=C5C[C@@H](O)CC[C@]5(C)[C@H]4C[C@H](O)[C@]23C)NC1. The van der Waals surface area contributed by atoms with Gasteiger partial charge in [-0.25, -0.2) is 0 Å². The average molecular weight is 432 g/mol. The Morgan fingerprint density at radius 2 is 1.84 bits per heavy atom. The molecular formula is C27H45NO3. The number of hydrogen-bond donors (Lipinski definition) is 4. The van der Waals surface area contributed by atoms with E-state index in [9.17, 15) is 15.3 Å². The summed E-state index contributed by atoms with van der Waals surface area (Å²) in [6.07, 6.45) is 9.49. The molecule has 176 valence electrons. The van der Waals surface area contributed by atoms with Gasteiger partial charge in [-0.3, -0.25) is 0 Å². The van der Waals surface area contributed by atoms with E-state index in [1.807, 2.05) is 0 Å². The minimum absolute atomic E-state index is 0.111. The van der Waals surface area contributed by atoms with E-state index in [0.717, 1.165) is 51.0 Å². The largest absolute Gasteiger partial charge is 0.393 e. The fraction of sp³-hybridized carbons (Fsp3) is 0.926. The summed E-state index contributed by atoms with van der Waals surface area (Å²) in [7, 11) is 0. The molecule has 0 aromatic rings. The predicted octanol–water partition coefficient (Wildman–Crippen LogP) is 3.89. The van der Waals surface area contributed by atoms with Crippen molar-refractivity contribution in [1.29, 1.82) is 0 Å². The Hall–Kier alpha value is -0.420. The summed E-state index contributed by atoms with van der Waals surface area (Å²) in [5.74, 6) is 2.67. The smallest absolute Gasteiger partial charge is 0.0603 e. The molecule has 0 amide bonds. The molecule has 4 nitrogen and oxygen atoms in total. The zero-order valence-corrected chi connectivity index (χ0v) is 20.1. The van der Waals surface area contributed by atoms with E-state index in [1.165, 1.54) is 18.4 Å².